The molecule has 12 heteroatoms. The van der Waals surface area contributed by atoms with E-state index in [0.717, 1.165) is 23.9 Å². The van der Waals surface area contributed by atoms with Crippen molar-refractivity contribution < 1.29 is 32.2 Å². The largest absolute Gasteiger partial charge is 0.454 e. The summed E-state index contributed by atoms with van der Waals surface area (Å²) in [4.78, 5) is 32.0. The molecular formula is C26H19ClF3N3O4S. The summed E-state index contributed by atoms with van der Waals surface area (Å²) < 4.78 is 50.6. The van der Waals surface area contributed by atoms with Gasteiger partial charge in [-0.05, 0) is 54.1 Å². The number of hydrogen-bond acceptors (Lipinski definition) is 6. The minimum Gasteiger partial charge on any atom is -0.454 e. The van der Waals surface area contributed by atoms with Crippen LogP contribution >= 0.6 is 23.4 Å². The number of thioether (sulfide) groups is 1. The molecule has 1 atom stereocenters. The van der Waals surface area contributed by atoms with E-state index in [0.29, 0.717) is 27.8 Å². The number of carbonyl (C=O) groups excluding carboxylic acids is 2. The first-order chi connectivity index (χ1) is 18.2. The highest BCUT2D eigenvalue weighted by atomic mass is 35.5. The van der Waals surface area contributed by atoms with Crippen LogP contribution in [-0.4, -0.2) is 33.9 Å². The second-order valence-corrected chi connectivity index (χ2v) is 10.0. The molecule has 2 amide bonds. The van der Waals surface area contributed by atoms with Crippen LogP contribution < -0.4 is 14.8 Å². The van der Waals surface area contributed by atoms with Gasteiger partial charge >= 0.3 is 6.18 Å². The quantitative estimate of drug-likeness (QED) is 0.398. The number of amides is 2. The van der Waals surface area contributed by atoms with Crippen LogP contribution in [0, 0.1) is 0 Å². The van der Waals surface area contributed by atoms with Crippen molar-refractivity contribution in [2.75, 3.05) is 12.1 Å². The SMILES string of the molecule is O=C(Nc1cccc(Cl)c1)C1CC(=O)N(Cc2ccc3c(c2)OCO3)C(=Nc2cccc(C(F)(F)F)c2)S1. The molecule has 2 heterocycles. The van der Waals surface area contributed by atoms with Crippen LogP contribution in [0.2, 0.25) is 5.02 Å². The number of rotatable bonds is 5. The third-order valence-electron chi connectivity index (χ3n) is 5.70. The molecule has 2 aliphatic rings. The van der Waals surface area contributed by atoms with Crippen molar-refractivity contribution in [1.82, 2.24) is 4.90 Å². The van der Waals surface area contributed by atoms with Gasteiger partial charge in [0.2, 0.25) is 18.6 Å². The lowest BCUT2D eigenvalue weighted by atomic mass is 10.1. The number of nitrogens with zero attached hydrogens (tertiary/aromatic N) is 2. The molecule has 38 heavy (non-hydrogen) atoms. The lowest BCUT2D eigenvalue weighted by Crippen LogP contribution is -2.44. The van der Waals surface area contributed by atoms with E-state index in [2.05, 4.69) is 10.3 Å². The summed E-state index contributed by atoms with van der Waals surface area (Å²) in [5.41, 5.74) is 0.280. The van der Waals surface area contributed by atoms with E-state index in [4.69, 9.17) is 21.1 Å². The van der Waals surface area contributed by atoms with Crippen LogP contribution in [0.25, 0.3) is 0 Å². The predicted octanol–water partition coefficient (Wildman–Crippen LogP) is 6.25. The molecule has 7 nitrogen and oxygen atoms in total. The lowest BCUT2D eigenvalue weighted by Gasteiger charge is -2.32. The Morgan fingerprint density at radius 3 is 2.66 bits per heavy atom. The van der Waals surface area contributed by atoms with Gasteiger partial charge in [0.15, 0.2) is 16.7 Å². The summed E-state index contributed by atoms with van der Waals surface area (Å²) >= 11 is 6.99. The molecule has 1 fully saturated rings. The molecule has 0 saturated carbocycles. The van der Waals surface area contributed by atoms with Crippen molar-refractivity contribution in [2.24, 2.45) is 4.99 Å². The molecule has 0 radical (unpaired) electrons. The number of ether oxygens (including phenoxy) is 2. The van der Waals surface area contributed by atoms with Crippen LogP contribution in [0.5, 0.6) is 11.5 Å². The maximum absolute atomic E-state index is 13.3. The normalized spacial score (nSPS) is 18.1. The van der Waals surface area contributed by atoms with Crippen LogP contribution in [-0.2, 0) is 22.3 Å². The van der Waals surface area contributed by atoms with Gasteiger partial charge in [0.25, 0.3) is 0 Å². The van der Waals surface area contributed by atoms with Crippen molar-refractivity contribution >= 4 is 51.7 Å². The molecule has 0 spiro atoms. The van der Waals surface area contributed by atoms with E-state index in [-0.39, 0.29) is 30.6 Å². The molecule has 3 aromatic rings. The Morgan fingerprint density at radius 1 is 1.08 bits per heavy atom. The Bertz CT molecular complexity index is 1430. The van der Waals surface area contributed by atoms with Crippen molar-refractivity contribution in [3.63, 3.8) is 0 Å². The fraction of sp³-hybridized carbons (Fsp3) is 0.192. The Hall–Kier alpha value is -3.70. The average molecular weight is 562 g/mol. The van der Waals surface area contributed by atoms with Crippen LogP contribution in [0.4, 0.5) is 24.5 Å². The average Bonchev–Trinajstić information content (AvgIpc) is 3.33. The van der Waals surface area contributed by atoms with Crippen LogP contribution in [0.3, 0.4) is 0 Å². The number of alkyl halides is 3. The number of amidine groups is 1. The third kappa shape index (κ3) is 5.89. The van der Waals surface area contributed by atoms with Crippen molar-refractivity contribution in [3.05, 3.63) is 82.9 Å². The molecule has 1 N–H and O–H groups in total. The molecule has 5 rings (SSSR count). The number of hydrogen-bond donors (Lipinski definition) is 1. The van der Waals surface area contributed by atoms with Crippen LogP contribution in [0.1, 0.15) is 17.5 Å². The lowest BCUT2D eigenvalue weighted by molar-refractivity contribution is -0.137. The summed E-state index contributed by atoms with van der Waals surface area (Å²) in [6.45, 7) is 0.159. The van der Waals surface area contributed by atoms with Gasteiger partial charge in [-0.1, -0.05) is 41.6 Å². The fourth-order valence-corrected chi connectivity index (χ4v) is 5.16. The molecule has 2 aliphatic heterocycles. The van der Waals surface area contributed by atoms with Gasteiger partial charge in [-0.15, -0.1) is 0 Å². The van der Waals surface area contributed by atoms with Crippen molar-refractivity contribution in [1.29, 1.82) is 0 Å². The summed E-state index contributed by atoms with van der Waals surface area (Å²) in [5.74, 6) is 0.238. The van der Waals surface area contributed by atoms with Gasteiger partial charge in [-0.2, -0.15) is 13.2 Å². The molecule has 0 aliphatic carbocycles. The molecule has 1 saturated heterocycles. The third-order valence-corrected chi connectivity index (χ3v) is 7.12. The minimum atomic E-state index is -4.56. The molecule has 0 bridgehead atoms. The maximum Gasteiger partial charge on any atom is 0.416 e. The summed E-state index contributed by atoms with van der Waals surface area (Å²) in [7, 11) is 0. The highest BCUT2D eigenvalue weighted by molar-refractivity contribution is 8.15. The summed E-state index contributed by atoms with van der Waals surface area (Å²) in [6, 6.07) is 16.2. The Balaban J connectivity index is 1.45. The minimum absolute atomic E-state index is 0.00158. The van der Waals surface area contributed by atoms with Crippen LogP contribution in [0.15, 0.2) is 71.7 Å². The summed E-state index contributed by atoms with van der Waals surface area (Å²) in [6.07, 6.45) is -4.69. The first-order valence-electron chi connectivity index (χ1n) is 11.3. The second-order valence-electron chi connectivity index (χ2n) is 8.42. The Labute approximate surface area is 224 Å². The number of benzene rings is 3. The number of fused-ring (bicyclic) bond motifs is 1. The molecular weight excluding hydrogens is 543 g/mol. The smallest absolute Gasteiger partial charge is 0.416 e. The van der Waals surface area contributed by atoms with E-state index in [1.807, 2.05) is 0 Å². The van der Waals surface area contributed by atoms with Gasteiger partial charge in [-0.25, -0.2) is 4.99 Å². The van der Waals surface area contributed by atoms with E-state index >= 15 is 0 Å². The van der Waals surface area contributed by atoms with Gasteiger partial charge < -0.3 is 14.8 Å². The standard InChI is InChI=1S/C26H19ClF3N3O4S/c27-17-4-2-6-19(11-17)31-24(35)22-12-23(34)33(13-15-7-8-20-21(9-15)37-14-36-20)25(38-22)32-18-5-1-3-16(10-18)26(28,29)30/h1-11,22H,12-14H2,(H,31,35). The summed E-state index contributed by atoms with van der Waals surface area (Å²) in [5, 5.41) is 2.40. The number of anilines is 1. The molecule has 3 aromatic carbocycles. The maximum atomic E-state index is 13.3. The van der Waals surface area contributed by atoms with E-state index in [1.54, 1.807) is 42.5 Å². The van der Waals surface area contributed by atoms with E-state index in [9.17, 15) is 22.8 Å². The Morgan fingerprint density at radius 2 is 1.87 bits per heavy atom. The first-order valence-corrected chi connectivity index (χ1v) is 12.6. The highest BCUT2D eigenvalue weighted by Gasteiger charge is 2.36. The number of aliphatic imine (C=N–C) groups is 1. The zero-order chi connectivity index (χ0) is 26.9. The van der Waals surface area contributed by atoms with E-state index in [1.165, 1.54) is 17.0 Å². The molecule has 0 aromatic heterocycles. The zero-order valence-corrected chi connectivity index (χ0v) is 21.1. The molecule has 196 valence electrons. The van der Waals surface area contributed by atoms with Crippen molar-refractivity contribution in [3.8, 4) is 11.5 Å². The van der Waals surface area contributed by atoms with Gasteiger partial charge in [0.1, 0.15) is 5.25 Å². The number of carbonyl (C=O) groups is 2. The fourth-order valence-electron chi connectivity index (χ4n) is 3.87. The van der Waals surface area contributed by atoms with Gasteiger partial charge in [0.05, 0.1) is 17.8 Å². The van der Waals surface area contributed by atoms with Crippen molar-refractivity contribution in [2.45, 2.75) is 24.4 Å². The number of nitrogens with one attached hydrogen (secondary N) is 1. The first kappa shape index (κ1) is 25.9. The second kappa shape index (κ2) is 10.6. The topological polar surface area (TPSA) is 80.2 Å². The predicted molar refractivity (Wildman–Crippen MR) is 138 cm³/mol. The monoisotopic (exact) mass is 561 g/mol. The highest BCUT2D eigenvalue weighted by Crippen LogP contribution is 2.36. The van der Waals surface area contributed by atoms with Gasteiger partial charge in [0, 0.05) is 17.1 Å². The Kier molecular flexibility index (Phi) is 7.22. The van der Waals surface area contributed by atoms with Gasteiger partial charge in [-0.3, -0.25) is 14.5 Å². The molecule has 1 unspecified atom stereocenters. The van der Waals surface area contributed by atoms with E-state index < -0.39 is 28.8 Å². The number of halogens is 4. The zero-order valence-electron chi connectivity index (χ0n) is 19.5.